The molecule has 4 nitrogen and oxygen atoms in total. The number of hydrogen-bond donors (Lipinski definition) is 1. The van der Waals surface area contributed by atoms with Crippen molar-refractivity contribution >= 4 is 5.88 Å². The molecule has 4 heteroatoms. The van der Waals surface area contributed by atoms with Crippen LogP contribution in [-0.4, -0.2) is 35.7 Å². The minimum atomic E-state index is 0.391. The van der Waals surface area contributed by atoms with Gasteiger partial charge >= 0.3 is 0 Å². The quantitative estimate of drug-likeness (QED) is 0.880. The van der Waals surface area contributed by atoms with Crippen molar-refractivity contribution in [3.05, 3.63) is 36.4 Å². The molecule has 21 heavy (non-hydrogen) atoms. The maximum absolute atomic E-state index is 5.39. The van der Waals surface area contributed by atoms with Crippen LogP contribution in [0.25, 0.3) is 11.3 Å². The summed E-state index contributed by atoms with van der Waals surface area (Å²) >= 11 is 0. The highest BCUT2D eigenvalue weighted by molar-refractivity contribution is 5.61. The fourth-order valence-corrected chi connectivity index (χ4v) is 2.79. The molecule has 1 aliphatic rings. The smallest absolute Gasteiger partial charge is 0.225 e. The van der Waals surface area contributed by atoms with Gasteiger partial charge in [0.15, 0.2) is 0 Å². The maximum Gasteiger partial charge on any atom is 0.225 e. The third kappa shape index (κ3) is 3.85. The van der Waals surface area contributed by atoms with E-state index < -0.39 is 0 Å². The van der Waals surface area contributed by atoms with Crippen LogP contribution in [0.15, 0.2) is 40.9 Å². The predicted molar refractivity (Wildman–Crippen MR) is 85.3 cm³/mol. The third-order valence-electron chi connectivity index (χ3n) is 4.05. The van der Waals surface area contributed by atoms with Crippen molar-refractivity contribution < 1.29 is 4.52 Å². The molecule has 0 bridgehead atoms. The highest BCUT2D eigenvalue weighted by Crippen LogP contribution is 2.22. The Labute approximate surface area is 126 Å². The number of likely N-dealkylation sites (tertiary alicyclic amines) is 1. The molecule has 0 aliphatic carbocycles. The van der Waals surface area contributed by atoms with Gasteiger partial charge in [-0.1, -0.05) is 35.5 Å². The first-order valence-corrected chi connectivity index (χ1v) is 7.82. The largest absolute Gasteiger partial charge is 0.352 e. The van der Waals surface area contributed by atoms with Crippen molar-refractivity contribution in [1.82, 2.24) is 10.1 Å². The molecule has 1 fully saturated rings. The summed E-state index contributed by atoms with van der Waals surface area (Å²) in [6.45, 7) is 5.87. The van der Waals surface area contributed by atoms with E-state index >= 15 is 0 Å². The van der Waals surface area contributed by atoms with Crippen molar-refractivity contribution in [3.63, 3.8) is 0 Å². The second kappa shape index (κ2) is 6.76. The molecule has 112 valence electrons. The summed E-state index contributed by atoms with van der Waals surface area (Å²) in [6.07, 6.45) is 3.83. The van der Waals surface area contributed by atoms with E-state index in [0.29, 0.717) is 6.04 Å². The molecule has 0 saturated carbocycles. The molecule has 2 heterocycles. The number of nitrogens with one attached hydrogen (secondary N) is 1. The van der Waals surface area contributed by atoms with Crippen LogP contribution >= 0.6 is 0 Å². The van der Waals surface area contributed by atoms with Gasteiger partial charge in [0.05, 0.1) is 0 Å². The van der Waals surface area contributed by atoms with E-state index in [4.69, 9.17) is 4.52 Å². The molecule has 3 rings (SSSR count). The first-order valence-electron chi connectivity index (χ1n) is 7.82. The number of nitrogens with zero attached hydrogens (tertiary/aromatic N) is 2. The molecule has 1 unspecified atom stereocenters. The van der Waals surface area contributed by atoms with E-state index in [9.17, 15) is 0 Å². The Morgan fingerprint density at radius 1 is 1.24 bits per heavy atom. The Bertz CT molecular complexity index is 546. The van der Waals surface area contributed by atoms with E-state index in [2.05, 4.69) is 22.3 Å². The van der Waals surface area contributed by atoms with Gasteiger partial charge in [0, 0.05) is 24.2 Å². The lowest BCUT2D eigenvalue weighted by molar-refractivity contribution is 0.326. The number of aromatic nitrogens is 1. The molecule has 0 amide bonds. The van der Waals surface area contributed by atoms with E-state index in [-0.39, 0.29) is 0 Å². The van der Waals surface area contributed by atoms with Crippen LogP contribution in [0.3, 0.4) is 0 Å². The third-order valence-corrected chi connectivity index (χ3v) is 4.05. The summed E-state index contributed by atoms with van der Waals surface area (Å²) in [5.41, 5.74) is 1.96. The summed E-state index contributed by atoms with van der Waals surface area (Å²) in [6, 6.07) is 12.5. The van der Waals surface area contributed by atoms with E-state index in [1.54, 1.807) is 0 Å². The highest BCUT2D eigenvalue weighted by atomic mass is 16.5. The molecule has 1 atom stereocenters. The summed E-state index contributed by atoms with van der Waals surface area (Å²) < 4.78 is 5.39. The average Bonchev–Trinajstić information content (AvgIpc) is 3.17. The fraction of sp³-hybridized carbons (Fsp3) is 0.471. The fourth-order valence-electron chi connectivity index (χ4n) is 2.79. The van der Waals surface area contributed by atoms with Crippen LogP contribution in [0.2, 0.25) is 0 Å². The Morgan fingerprint density at radius 2 is 2.00 bits per heavy atom. The Morgan fingerprint density at radius 3 is 2.76 bits per heavy atom. The molecule has 0 radical (unpaired) electrons. The van der Waals surface area contributed by atoms with Gasteiger partial charge in [0.25, 0.3) is 0 Å². The number of rotatable bonds is 6. The van der Waals surface area contributed by atoms with E-state index in [0.717, 1.165) is 30.1 Å². The van der Waals surface area contributed by atoms with Crippen LogP contribution in [0.5, 0.6) is 0 Å². The van der Waals surface area contributed by atoms with Gasteiger partial charge in [-0.25, -0.2) is 0 Å². The summed E-state index contributed by atoms with van der Waals surface area (Å²) in [7, 11) is 0. The van der Waals surface area contributed by atoms with Gasteiger partial charge in [-0.05, 0) is 39.3 Å². The first-order chi connectivity index (χ1) is 10.3. The van der Waals surface area contributed by atoms with Crippen LogP contribution in [-0.2, 0) is 0 Å². The predicted octanol–water partition coefficient (Wildman–Crippen LogP) is 3.63. The normalized spacial score (nSPS) is 17.0. The van der Waals surface area contributed by atoms with Crippen molar-refractivity contribution in [2.45, 2.75) is 32.2 Å². The average molecular weight is 285 g/mol. The standard InChI is InChI=1S/C17H23N3O/c1-14(9-12-20-10-5-6-11-20)18-17-13-16(19-21-17)15-7-3-2-4-8-15/h2-4,7-8,13-14,18H,5-6,9-12H2,1H3. The molecule has 1 aliphatic heterocycles. The van der Waals surface area contributed by atoms with Gasteiger partial charge in [0.2, 0.25) is 5.88 Å². The molecule has 1 N–H and O–H groups in total. The van der Waals surface area contributed by atoms with Crippen molar-refractivity contribution in [2.24, 2.45) is 0 Å². The van der Waals surface area contributed by atoms with Gasteiger partial charge in [-0.2, -0.15) is 0 Å². The van der Waals surface area contributed by atoms with Crippen LogP contribution in [0.1, 0.15) is 26.2 Å². The summed E-state index contributed by atoms with van der Waals surface area (Å²) in [4.78, 5) is 2.54. The molecule has 1 saturated heterocycles. The van der Waals surface area contributed by atoms with Crippen LogP contribution in [0.4, 0.5) is 5.88 Å². The topological polar surface area (TPSA) is 41.3 Å². The number of benzene rings is 1. The van der Waals surface area contributed by atoms with Crippen molar-refractivity contribution in [1.29, 1.82) is 0 Å². The highest BCUT2D eigenvalue weighted by Gasteiger charge is 2.13. The second-order valence-electron chi connectivity index (χ2n) is 5.83. The minimum Gasteiger partial charge on any atom is -0.352 e. The van der Waals surface area contributed by atoms with Crippen LogP contribution < -0.4 is 5.32 Å². The zero-order chi connectivity index (χ0) is 14.5. The first kappa shape index (κ1) is 14.1. The Hall–Kier alpha value is -1.81. The summed E-state index contributed by atoms with van der Waals surface area (Å²) in [5.74, 6) is 0.753. The van der Waals surface area contributed by atoms with Gasteiger partial charge in [-0.15, -0.1) is 0 Å². The minimum absolute atomic E-state index is 0.391. The van der Waals surface area contributed by atoms with E-state index in [1.165, 1.54) is 25.9 Å². The van der Waals surface area contributed by atoms with Crippen molar-refractivity contribution in [3.8, 4) is 11.3 Å². The Kier molecular flexibility index (Phi) is 4.55. The maximum atomic E-state index is 5.39. The molecular weight excluding hydrogens is 262 g/mol. The monoisotopic (exact) mass is 285 g/mol. The van der Waals surface area contributed by atoms with Gasteiger partial charge in [-0.3, -0.25) is 0 Å². The van der Waals surface area contributed by atoms with Crippen molar-refractivity contribution in [2.75, 3.05) is 25.0 Å². The molecule has 1 aromatic heterocycles. The lowest BCUT2D eigenvalue weighted by Crippen LogP contribution is -2.26. The zero-order valence-corrected chi connectivity index (χ0v) is 12.6. The van der Waals surface area contributed by atoms with Crippen LogP contribution in [0, 0.1) is 0 Å². The molecule has 1 aromatic carbocycles. The summed E-state index contributed by atoms with van der Waals surface area (Å²) in [5, 5.41) is 7.53. The Balaban J connectivity index is 1.52. The van der Waals surface area contributed by atoms with E-state index in [1.807, 2.05) is 36.4 Å². The SMILES string of the molecule is CC(CCN1CCCC1)Nc1cc(-c2ccccc2)no1. The lowest BCUT2D eigenvalue weighted by atomic mass is 10.1. The van der Waals surface area contributed by atoms with Gasteiger partial charge in [0.1, 0.15) is 5.69 Å². The molecular formula is C17H23N3O. The van der Waals surface area contributed by atoms with Gasteiger partial charge < -0.3 is 14.7 Å². The molecule has 0 spiro atoms. The number of anilines is 1. The molecule has 2 aromatic rings. The number of hydrogen-bond acceptors (Lipinski definition) is 4. The zero-order valence-electron chi connectivity index (χ0n) is 12.6. The lowest BCUT2D eigenvalue weighted by Gasteiger charge is -2.18. The second-order valence-corrected chi connectivity index (χ2v) is 5.83.